The summed E-state index contributed by atoms with van der Waals surface area (Å²) in [5, 5.41) is 24.6. The van der Waals surface area contributed by atoms with Gasteiger partial charge < -0.3 is 37.4 Å². The van der Waals surface area contributed by atoms with Crippen molar-refractivity contribution in [3.05, 3.63) is 0 Å². The monoisotopic (exact) mass is 374 g/mol. The lowest BCUT2D eigenvalue weighted by molar-refractivity contribution is -0.136. The smallest absolute Gasteiger partial charge is 0.312 e. The predicted molar refractivity (Wildman–Crippen MR) is 104 cm³/mol. The van der Waals surface area contributed by atoms with Crippen LogP contribution in [0.4, 0.5) is 4.79 Å². The second-order valence-corrected chi connectivity index (χ2v) is 6.29. The molecule has 9 nitrogen and oxygen atoms in total. The van der Waals surface area contributed by atoms with E-state index in [0.717, 1.165) is 52.1 Å². The average Bonchev–Trinajstić information content (AvgIpc) is 2.59. The molecule has 0 fully saturated rings. The first-order valence-corrected chi connectivity index (χ1v) is 9.66. The van der Waals surface area contributed by atoms with Gasteiger partial charge in [0, 0.05) is 51.9 Å². The lowest BCUT2D eigenvalue weighted by Crippen LogP contribution is -2.43. The highest BCUT2D eigenvalue weighted by molar-refractivity contribution is 5.71. The summed E-state index contributed by atoms with van der Waals surface area (Å²) in [6.45, 7) is 8.48. The normalized spacial score (nSPS) is 12.0. The third-order valence-electron chi connectivity index (χ3n) is 3.86. The molecule has 0 rings (SSSR count). The number of urea groups is 1. The fraction of sp³-hybridized carbons (Fsp3) is 0.882. The molecule has 1 unspecified atom stereocenters. The van der Waals surface area contributed by atoms with Gasteiger partial charge >= 0.3 is 12.0 Å². The van der Waals surface area contributed by atoms with Crippen LogP contribution in [-0.4, -0.2) is 75.5 Å². The van der Waals surface area contributed by atoms with Gasteiger partial charge in [0.25, 0.3) is 0 Å². The van der Waals surface area contributed by atoms with Crippen molar-refractivity contribution in [1.82, 2.24) is 26.6 Å². The summed E-state index contributed by atoms with van der Waals surface area (Å²) in [5.74, 6) is -0.785. The molecule has 0 aromatic carbocycles. The molecule has 0 aromatic rings. The van der Waals surface area contributed by atoms with Crippen molar-refractivity contribution in [2.75, 3.05) is 52.4 Å². The van der Waals surface area contributed by atoms with E-state index in [0.29, 0.717) is 19.1 Å². The third kappa shape index (κ3) is 18.9. The number of carboxylic acids is 1. The first kappa shape index (κ1) is 24.6. The maximum atomic E-state index is 10.7. The molecular formula is C17H38N6O3. The second kappa shape index (κ2) is 18.4. The molecule has 9 heteroatoms. The van der Waals surface area contributed by atoms with E-state index in [9.17, 15) is 9.59 Å². The van der Waals surface area contributed by atoms with E-state index in [-0.39, 0.29) is 6.42 Å². The molecule has 0 aliphatic heterocycles. The van der Waals surface area contributed by atoms with Crippen LogP contribution in [0.2, 0.25) is 0 Å². The number of rotatable bonds is 19. The fourth-order valence-electron chi connectivity index (χ4n) is 2.40. The van der Waals surface area contributed by atoms with Crippen LogP contribution in [0.15, 0.2) is 0 Å². The molecule has 0 aromatic heterocycles. The van der Waals surface area contributed by atoms with Crippen molar-refractivity contribution in [3.63, 3.8) is 0 Å². The molecule has 8 N–H and O–H groups in total. The van der Waals surface area contributed by atoms with Gasteiger partial charge in [-0.15, -0.1) is 0 Å². The standard InChI is InChI=1S/C17H38N6O3/c1-2-3-7-19-12-13-22-15(5-4-8-23-17(18)26)14-21-11-10-20-9-6-16(24)25/h15,19-22H,2-14H2,1H3,(H,24,25)(H3,18,23,26). The van der Waals surface area contributed by atoms with Crippen LogP contribution in [0.25, 0.3) is 0 Å². The number of amides is 2. The number of hydrogen-bond acceptors (Lipinski definition) is 6. The van der Waals surface area contributed by atoms with E-state index in [1.807, 2.05) is 0 Å². The van der Waals surface area contributed by atoms with Crippen molar-refractivity contribution in [1.29, 1.82) is 0 Å². The molecular weight excluding hydrogens is 336 g/mol. The highest BCUT2D eigenvalue weighted by Gasteiger charge is 2.07. The Morgan fingerprint density at radius 3 is 2.31 bits per heavy atom. The van der Waals surface area contributed by atoms with Crippen LogP contribution >= 0.6 is 0 Å². The summed E-state index contributed by atoms with van der Waals surface area (Å²) in [6.07, 6.45) is 4.33. The number of primary amides is 1. The first-order chi connectivity index (χ1) is 12.6. The first-order valence-electron chi connectivity index (χ1n) is 9.66. The molecule has 0 radical (unpaired) electrons. The Kier molecular flexibility index (Phi) is 17.4. The summed E-state index contributed by atoms with van der Waals surface area (Å²) in [4.78, 5) is 21.1. The van der Waals surface area contributed by atoms with Crippen LogP contribution in [0, 0.1) is 0 Å². The number of carboxylic acid groups (broad SMARTS) is 1. The van der Waals surface area contributed by atoms with Crippen LogP contribution in [0.1, 0.15) is 39.0 Å². The van der Waals surface area contributed by atoms with Gasteiger partial charge in [-0.3, -0.25) is 4.79 Å². The number of nitrogens with one attached hydrogen (secondary N) is 5. The van der Waals surface area contributed by atoms with Crippen molar-refractivity contribution in [2.45, 2.75) is 45.1 Å². The van der Waals surface area contributed by atoms with Crippen molar-refractivity contribution in [2.24, 2.45) is 5.73 Å². The maximum absolute atomic E-state index is 10.7. The zero-order valence-electron chi connectivity index (χ0n) is 16.1. The van der Waals surface area contributed by atoms with Crippen LogP contribution in [-0.2, 0) is 4.79 Å². The molecule has 0 heterocycles. The molecule has 0 aliphatic carbocycles. The van der Waals surface area contributed by atoms with Crippen LogP contribution in [0.3, 0.4) is 0 Å². The van der Waals surface area contributed by atoms with Gasteiger partial charge in [-0.2, -0.15) is 0 Å². The summed E-state index contributed by atoms with van der Waals surface area (Å²) in [7, 11) is 0. The molecule has 1 atom stereocenters. The Morgan fingerprint density at radius 1 is 0.923 bits per heavy atom. The molecule has 0 aliphatic rings. The highest BCUT2D eigenvalue weighted by Crippen LogP contribution is 1.95. The minimum atomic E-state index is -0.785. The quantitative estimate of drug-likeness (QED) is 0.150. The van der Waals surface area contributed by atoms with Crippen LogP contribution < -0.4 is 32.3 Å². The molecule has 26 heavy (non-hydrogen) atoms. The van der Waals surface area contributed by atoms with Gasteiger partial charge in [0.1, 0.15) is 0 Å². The van der Waals surface area contributed by atoms with Gasteiger partial charge in [0.2, 0.25) is 0 Å². The lowest BCUT2D eigenvalue weighted by atomic mass is 10.1. The van der Waals surface area contributed by atoms with E-state index < -0.39 is 12.0 Å². The molecule has 2 amide bonds. The zero-order valence-corrected chi connectivity index (χ0v) is 16.1. The Balaban J connectivity index is 3.84. The molecule has 0 saturated heterocycles. The number of carbonyl (C=O) groups excluding carboxylic acids is 1. The van der Waals surface area contributed by atoms with Gasteiger partial charge in [0.15, 0.2) is 0 Å². The van der Waals surface area contributed by atoms with E-state index in [1.54, 1.807) is 0 Å². The summed E-state index contributed by atoms with van der Waals surface area (Å²) in [6, 6.07) is -0.170. The Bertz CT molecular complexity index is 357. The zero-order chi connectivity index (χ0) is 19.5. The van der Waals surface area contributed by atoms with E-state index in [1.165, 1.54) is 12.8 Å². The van der Waals surface area contributed by atoms with Gasteiger partial charge in [-0.1, -0.05) is 13.3 Å². The topological polar surface area (TPSA) is 141 Å². The number of nitrogens with two attached hydrogens (primary N) is 1. The maximum Gasteiger partial charge on any atom is 0.312 e. The van der Waals surface area contributed by atoms with Gasteiger partial charge in [-0.25, -0.2) is 4.79 Å². The SMILES string of the molecule is CCCCNCCNC(CCCNC(N)=O)CNCCNCCC(=O)O. The summed E-state index contributed by atoms with van der Waals surface area (Å²) < 4.78 is 0. The van der Waals surface area contributed by atoms with E-state index >= 15 is 0 Å². The van der Waals surface area contributed by atoms with Crippen molar-refractivity contribution < 1.29 is 14.7 Å². The Hall–Kier alpha value is -1.42. The second-order valence-electron chi connectivity index (χ2n) is 6.29. The van der Waals surface area contributed by atoms with Crippen LogP contribution in [0.5, 0.6) is 0 Å². The molecule has 0 saturated carbocycles. The Morgan fingerprint density at radius 2 is 1.62 bits per heavy atom. The van der Waals surface area contributed by atoms with E-state index in [4.69, 9.17) is 10.8 Å². The van der Waals surface area contributed by atoms with Gasteiger partial charge in [-0.05, 0) is 25.8 Å². The molecule has 154 valence electrons. The lowest BCUT2D eigenvalue weighted by Gasteiger charge is -2.20. The number of unbranched alkanes of at least 4 members (excludes halogenated alkanes) is 1. The molecule has 0 spiro atoms. The number of hydrogen-bond donors (Lipinski definition) is 7. The number of carbonyl (C=O) groups is 2. The largest absolute Gasteiger partial charge is 0.481 e. The Labute approximate surface area is 157 Å². The fourth-order valence-corrected chi connectivity index (χ4v) is 2.40. The van der Waals surface area contributed by atoms with Crippen molar-refractivity contribution >= 4 is 12.0 Å². The number of aliphatic carboxylic acids is 1. The minimum absolute atomic E-state index is 0.141. The predicted octanol–water partition coefficient (Wildman–Crippen LogP) is -0.563. The molecule has 0 bridgehead atoms. The van der Waals surface area contributed by atoms with E-state index in [2.05, 4.69) is 33.5 Å². The summed E-state index contributed by atoms with van der Waals surface area (Å²) >= 11 is 0. The van der Waals surface area contributed by atoms with Crippen molar-refractivity contribution in [3.8, 4) is 0 Å². The minimum Gasteiger partial charge on any atom is -0.481 e. The summed E-state index contributed by atoms with van der Waals surface area (Å²) in [5.41, 5.74) is 5.07. The third-order valence-corrected chi connectivity index (χ3v) is 3.86. The highest BCUT2D eigenvalue weighted by atomic mass is 16.4. The average molecular weight is 375 g/mol. The van der Waals surface area contributed by atoms with Gasteiger partial charge in [0.05, 0.1) is 6.42 Å².